The zero-order valence-electron chi connectivity index (χ0n) is 11.9. The van der Waals surface area contributed by atoms with Crippen LogP contribution in [0.3, 0.4) is 0 Å². The minimum Gasteiger partial charge on any atom is -0.346 e. The van der Waals surface area contributed by atoms with Crippen molar-refractivity contribution in [2.24, 2.45) is 11.7 Å². The number of benzene rings is 1. The molecule has 1 aliphatic carbocycles. The summed E-state index contributed by atoms with van der Waals surface area (Å²) in [6.07, 6.45) is 4.08. The average Bonchev–Trinajstić information content (AvgIpc) is 3.20. The third-order valence-electron chi connectivity index (χ3n) is 3.66. The molecule has 1 aromatic heterocycles. The standard InChI is InChI=1S/C15H17BrN4O.ClH/c16-11-2-1-3-12(8-11)20-7-6-13(19-20)15(21)18-14(9-17)10-4-5-10;/h1-3,6-8,10,14H,4-5,9,17H2,(H,18,21);1H. The molecule has 0 aliphatic heterocycles. The highest BCUT2D eigenvalue weighted by Gasteiger charge is 2.31. The van der Waals surface area contributed by atoms with Crippen LogP contribution in [0, 0.1) is 5.92 Å². The third-order valence-corrected chi connectivity index (χ3v) is 4.15. The Balaban J connectivity index is 0.00000176. The number of amides is 1. The summed E-state index contributed by atoms with van der Waals surface area (Å²) in [5.41, 5.74) is 7.02. The van der Waals surface area contributed by atoms with Crippen LogP contribution in [0.5, 0.6) is 0 Å². The molecule has 7 heteroatoms. The summed E-state index contributed by atoms with van der Waals surface area (Å²) in [6, 6.07) is 9.54. The van der Waals surface area contributed by atoms with E-state index in [1.54, 1.807) is 16.9 Å². The van der Waals surface area contributed by atoms with Gasteiger partial charge in [-0.2, -0.15) is 5.10 Å². The SMILES string of the molecule is Cl.NCC(NC(=O)c1ccn(-c2cccc(Br)c2)n1)C1CC1. The van der Waals surface area contributed by atoms with E-state index in [9.17, 15) is 4.79 Å². The van der Waals surface area contributed by atoms with Gasteiger partial charge in [-0.3, -0.25) is 4.79 Å². The lowest BCUT2D eigenvalue weighted by molar-refractivity contribution is 0.0928. The predicted molar refractivity (Wildman–Crippen MR) is 91.5 cm³/mol. The smallest absolute Gasteiger partial charge is 0.272 e. The van der Waals surface area contributed by atoms with Crippen molar-refractivity contribution in [3.63, 3.8) is 0 Å². The van der Waals surface area contributed by atoms with Gasteiger partial charge in [0.1, 0.15) is 0 Å². The van der Waals surface area contributed by atoms with Crippen LogP contribution in [0.1, 0.15) is 23.3 Å². The van der Waals surface area contributed by atoms with E-state index < -0.39 is 0 Å². The van der Waals surface area contributed by atoms with Crippen molar-refractivity contribution in [1.82, 2.24) is 15.1 Å². The summed E-state index contributed by atoms with van der Waals surface area (Å²) in [4.78, 5) is 12.2. The number of nitrogens with zero attached hydrogens (tertiary/aromatic N) is 2. The largest absolute Gasteiger partial charge is 0.346 e. The maximum atomic E-state index is 12.2. The molecule has 3 N–H and O–H groups in total. The van der Waals surface area contributed by atoms with E-state index in [2.05, 4.69) is 26.3 Å². The van der Waals surface area contributed by atoms with E-state index in [-0.39, 0.29) is 24.4 Å². The van der Waals surface area contributed by atoms with Gasteiger partial charge in [0.2, 0.25) is 0 Å². The van der Waals surface area contributed by atoms with Gasteiger partial charge in [-0.05, 0) is 43.0 Å². The van der Waals surface area contributed by atoms with E-state index in [4.69, 9.17) is 5.73 Å². The summed E-state index contributed by atoms with van der Waals surface area (Å²) in [7, 11) is 0. The maximum absolute atomic E-state index is 12.2. The fourth-order valence-corrected chi connectivity index (χ4v) is 2.70. The van der Waals surface area contributed by atoms with Gasteiger partial charge < -0.3 is 11.1 Å². The van der Waals surface area contributed by atoms with Crippen LogP contribution in [0.2, 0.25) is 0 Å². The van der Waals surface area contributed by atoms with Crippen LogP contribution >= 0.6 is 28.3 Å². The van der Waals surface area contributed by atoms with Gasteiger partial charge in [-0.1, -0.05) is 22.0 Å². The number of aromatic nitrogens is 2. The lowest BCUT2D eigenvalue weighted by Crippen LogP contribution is -2.41. The number of hydrogen-bond acceptors (Lipinski definition) is 3. The molecule has 1 amide bonds. The molecule has 1 unspecified atom stereocenters. The Hall–Kier alpha value is -1.37. The van der Waals surface area contributed by atoms with Gasteiger partial charge in [0, 0.05) is 23.3 Å². The Morgan fingerprint density at radius 1 is 1.45 bits per heavy atom. The number of carbonyl (C=O) groups is 1. The van der Waals surface area contributed by atoms with Gasteiger partial charge in [0.05, 0.1) is 5.69 Å². The fourth-order valence-electron chi connectivity index (χ4n) is 2.32. The molecule has 0 radical (unpaired) electrons. The summed E-state index contributed by atoms with van der Waals surface area (Å²) in [5, 5.41) is 7.30. The Morgan fingerprint density at radius 2 is 2.23 bits per heavy atom. The molecule has 22 heavy (non-hydrogen) atoms. The van der Waals surface area contributed by atoms with E-state index in [1.165, 1.54) is 0 Å². The molecule has 1 saturated carbocycles. The molecule has 0 bridgehead atoms. The van der Waals surface area contributed by atoms with Crippen LogP contribution in [-0.2, 0) is 0 Å². The van der Waals surface area contributed by atoms with Crippen LogP contribution < -0.4 is 11.1 Å². The zero-order chi connectivity index (χ0) is 14.8. The highest BCUT2D eigenvalue weighted by Crippen LogP contribution is 2.32. The predicted octanol–water partition coefficient (Wildman–Crippen LogP) is 2.52. The van der Waals surface area contributed by atoms with Crippen LogP contribution in [0.15, 0.2) is 41.0 Å². The first-order valence-corrected chi connectivity index (χ1v) is 7.79. The van der Waals surface area contributed by atoms with E-state index in [1.807, 2.05) is 24.3 Å². The number of halogens is 2. The second kappa shape index (κ2) is 7.26. The second-order valence-corrected chi connectivity index (χ2v) is 6.19. The van der Waals surface area contributed by atoms with Crippen molar-refractivity contribution in [3.05, 3.63) is 46.7 Å². The monoisotopic (exact) mass is 384 g/mol. The van der Waals surface area contributed by atoms with Crippen molar-refractivity contribution in [3.8, 4) is 5.69 Å². The second-order valence-electron chi connectivity index (χ2n) is 5.28. The number of hydrogen-bond donors (Lipinski definition) is 2. The summed E-state index contributed by atoms with van der Waals surface area (Å²) in [6.45, 7) is 0.475. The highest BCUT2D eigenvalue weighted by atomic mass is 79.9. The lowest BCUT2D eigenvalue weighted by Gasteiger charge is -2.14. The fraction of sp³-hybridized carbons (Fsp3) is 0.333. The molecule has 1 fully saturated rings. The lowest BCUT2D eigenvalue weighted by atomic mass is 10.2. The van der Waals surface area contributed by atoms with Crippen molar-refractivity contribution in [1.29, 1.82) is 0 Å². The Kier molecular flexibility index (Phi) is 5.61. The Bertz CT molecular complexity index is 656. The van der Waals surface area contributed by atoms with Gasteiger partial charge in [0.15, 0.2) is 5.69 Å². The molecule has 1 heterocycles. The first-order chi connectivity index (χ1) is 10.2. The van der Waals surface area contributed by atoms with Gasteiger partial charge in [0.25, 0.3) is 5.91 Å². The molecule has 1 atom stereocenters. The maximum Gasteiger partial charge on any atom is 0.272 e. The molecule has 5 nitrogen and oxygen atoms in total. The number of nitrogens with one attached hydrogen (secondary N) is 1. The number of nitrogens with two attached hydrogens (primary N) is 1. The molecule has 3 rings (SSSR count). The quantitative estimate of drug-likeness (QED) is 0.830. The van der Waals surface area contributed by atoms with E-state index in [0.717, 1.165) is 23.0 Å². The third kappa shape index (κ3) is 3.88. The molecule has 1 aliphatic rings. The normalized spacial score (nSPS) is 15.0. The first-order valence-electron chi connectivity index (χ1n) is 7.00. The van der Waals surface area contributed by atoms with Crippen molar-refractivity contribution < 1.29 is 4.79 Å². The Labute approximate surface area is 143 Å². The number of rotatable bonds is 5. The highest BCUT2D eigenvalue weighted by molar-refractivity contribution is 9.10. The summed E-state index contributed by atoms with van der Waals surface area (Å²) >= 11 is 3.43. The number of carbonyl (C=O) groups excluding carboxylic acids is 1. The minimum absolute atomic E-state index is 0. The van der Waals surface area contributed by atoms with Crippen molar-refractivity contribution >= 4 is 34.2 Å². The van der Waals surface area contributed by atoms with Crippen LogP contribution in [0.4, 0.5) is 0 Å². The van der Waals surface area contributed by atoms with E-state index >= 15 is 0 Å². The molecule has 1 aromatic carbocycles. The molecular weight excluding hydrogens is 368 g/mol. The Morgan fingerprint density at radius 3 is 2.86 bits per heavy atom. The first kappa shape index (κ1) is 17.0. The van der Waals surface area contributed by atoms with Crippen LogP contribution in [-0.4, -0.2) is 28.3 Å². The summed E-state index contributed by atoms with van der Waals surface area (Å²) < 4.78 is 2.66. The minimum atomic E-state index is -0.161. The van der Waals surface area contributed by atoms with Gasteiger partial charge in [-0.25, -0.2) is 4.68 Å². The van der Waals surface area contributed by atoms with Crippen molar-refractivity contribution in [2.45, 2.75) is 18.9 Å². The summed E-state index contributed by atoms with van der Waals surface area (Å²) in [5.74, 6) is 0.372. The van der Waals surface area contributed by atoms with Crippen LogP contribution in [0.25, 0.3) is 5.69 Å². The molecular formula is C15H18BrClN4O. The van der Waals surface area contributed by atoms with Gasteiger partial charge in [-0.15, -0.1) is 12.4 Å². The molecule has 2 aromatic rings. The van der Waals surface area contributed by atoms with E-state index in [0.29, 0.717) is 18.2 Å². The topological polar surface area (TPSA) is 72.9 Å². The molecule has 0 saturated heterocycles. The van der Waals surface area contributed by atoms with Gasteiger partial charge >= 0.3 is 0 Å². The van der Waals surface area contributed by atoms with Crippen molar-refractivity contribution in [2.75, 3.05) is 6.54 Å². The zero-order valence-corrected chi connectivity index (χ0v) is 14.3. The average molecular weight is 386 g/mol. The molecule has 0 spiro atoms. The molecule has 118 valence electrons.